The largest absolute Gasteiger partial charge is 0.221 e. The van der Waals surface area contributed by atoms with Crippen LogP contribution in [0, 0.1) is 0 Å². The van der Waals surface area contributed by atoms with Crippen LogP contribution < -0.4 is 0 Å². The molecule has 0 aromatic carbocycles. The van der Waals surface area contributed by atoms with Crippen molar-refractivity contribution in [3.63, 3.8) is 0 Å². The summed E-state index contributed by atoms with van der Waals surface area (Å²) >= 11 is 12.6. The molecular weight excluding hydrogens is 402 g/mol. The third kappa shape index (κ3) is 5.63. The van der Waals surface area contributed by atoms with Gasteiger partial charge in [0.2, 0.25) is 0 Å². The summed E-state index contributed by atoms with van der Waals surface area (Å²) in [6.07, 6.45) is 0.317. The van der Waals surface area contributed by atoms with E-state index in [2.05, 4.69) is 95.6 Å². The predicted molar refractivity (Wildman–Crippen MR) is 132 cm³/mol. The van der Waals surface area contributed by atoms with Crippen molar-refractivity contribution in [3.05, 3.63) is 0 Å². The van der Waals surface area contributed by atoms with Crippen molar-refractivity contribution in [1.82, 2.24) is 0 Å². The number of hydrogen-bond donors (Lipinski definition) is 0. The zero-order valence-corrected chi connectivity index (χ0v) is 23.3. The molecule has 7 heteroatoms. The van der Waals surface area contributed by atoms with E-state index in [4.69, 9.17) is 31.9 Å². The van der Waals surface area contributed by atoms with E-state index in [1.54, 1.807) is 0 Å². The van der Waals surface area contributed by atoms with Crippen LogP contribution in [0.15, 0.2) is 8.27 Å². The van der Waals surface area contributed by atoms with Gasteiger partial charge in [0.1, 0.15) is 0 Å². The SMILES string of the molecule is CC(C)(C)P(=S)(N=S(C)(C)=NP(=S)(C(C)(C)C)C(C)(C)C)C(C)(C)C. The van der Waals surface area contributed by atoms with Gasteiger partial charge in [-0.25, -0.2) is 8.27 Å². The van der Waals surface area contributed by atoms with Crippen LogP contribution in [0.25, 0.3) is 0 Å². The summed E-state index contributed by atoms with van der Waals surface area (Å²) < 4.78 is 10.8. The Morgan fingerprint density at radius 2 is 0.680 bits per heavy atom. The van der Waals surface area contributed by atoms with Crippen molar-refractivity contribution in [2.45, 2.75) is 104 Å². The Balaban J connectivity index is 7.05. The Morgan fingerprint density at radius 1 is 0.520 bits per heavy atom. The molecule has 0 radical (unpaired) electrons. The monoisotopic (exact) mass is 444 g/mol. The van der Waals surface area contributed by atoms with Crippen LogP contribution in [-0.4, -0.2) is 33.1 Å². The second kappa shape index (κ2) is 7.25. The first-order valence-corrected chi connectivity index (χ1v) is 16.7. The van der Waals surface area contributed by atoms with E-state index in [0.29, 0.717) is 0 Å². The van der Waals surface area contributed by atoms with Crippen molar-refractivity contribution in [1.29, 1.82) is 0 Å². The van der Waals surface area contributed by atoms with Crippen LogP contribution in [0.3, 0.4) is 0 Å². The molecule has 0 bridgehead atoms. The number of hydrogen-bond acceptors (Lipinski definition) is 2. The minimum absolute atomic E-state index is 0.0214. The molecule has 0 saturated carbocycles. The molecule has 0 aliphatic rings. The van der Waals surface area contributed by atoms with Gasteiger partial charge in [-0.1, -0.05) is 116 Å². The zero-order chi connectivity index (χ0) is 20.9. The van der Waals surface area contributed by atoms with Gasteiger partial charge in [-0.05, 0) is 0 Å². The molecule has 152 valence electrons. The molecule has 0 heterocycles. The molecule has 0 aliphatic carbocycles. The highest BCUT2D eigenvalue weighted by molar-refractivity contribution is 8.21. The first-order chi connectivity index (χ1) is 10.4. The fraction of sp³-hybridized carbons (Fsp3) is 1.00. The van der Waals surface area contributed by atoms with Gasteiger partial charge in [0.05, 0.1) is 12.4 Å². The van der Waals surface area contributed by atoms with Crippen LogP contribution in [0.2, 0.25) is 0 Å². The van der Waals surface area contributed by atoms with Gasteiger partial charge in [-0.3, -0.25) is 0 Å². The number of nitrogens with zero attached hydrogens (tertiary/aromatic N) is 2. The summed E-state index contributed by atoms with van der Waals surface area (Å²) in [6, 6.07) is 0. The zero-order valence-electron chi connectivity index (χ0n) is 19.0. The highest BCUT2D eigenvalue weighted by Gasteiger charge is 2.44. The van der Waals surface area contributed by atoms with Crippen molar-refractivity contribution in [3.8, 4) is 0 Å². The van der Waals surface area contributed by atoms with Crippen molar-refractivity contribution in [2.24, 2.45) is 8.27 Å². The molecule has 0 spiro atoms. The highest BCUT2D eigenvalue weighted by atomic mass is 32.5. The summed E-state index contributed by atoms with van der Waals surface area (Å²) in [7, 11) is -1.59. The standard InChI is InChI=1S/C18H42N2P2S3/c1-15(2,3)21(23,16(4,5)6)19-25(13,14)20-22(24,17(7,8)9)18(10,11)12/h1-14H3. The molecule has 0 aliphatic heterocycles. The van der Waals surface area contributed by atoms with Gasteiger partial charge in [-0.2, -0.15) is 0 Å². The molecule has 0 fully saturated rings. The maximum absolute atomic E-state index is 6.28. The molecule has 25 heavy (non-hydrogen) atoms. The minimum Gasteiger partial charge on any atom is -0.221 e. The van der Waals surface area contributed by atoms with Crippen LogP contribution in [0.1, 0.15) is 83.1 Å². The van der Waals surface area contributed by atoms with Gasteiger partial charge in [0.25, 0.3) is 0 Å². The normalized spacial score (nSPS) is 15.9. The van der Waals surface area contributed by atoms with E-state index in [1.807, 2.05) is 0 Å². The molecule has 0 unspecified atom stereocenters. The van der Waals surface area contributed by atoms with E-state index in [9.17, 15) is 0 Å². The molecule has 0 aromatic rings. The average molecular weight is 445 g/mol. The summed E-state index contributed by atoms with van der Waals surface area (Å²) in [6.45, 7) is 26.9. The molecule has 0 amide bonds. The average Bonchev–Trinajstić information content (AvgIpc) is 2.20. The molecule has 0 saturated heterocycles. The lowest BCUT2D eigenvalue weighted by Gasteiger charge is -2.44. The van der Waals surface area contributed by atoms with Gasteiger partial charge in [0.15, 0.2) is 0 Å². The van der Waals surface area contributed by atoms with E-state index >= 15 is 0 Å². The fourth-order valence-electron chi connectivity index (χ4n) is 3.08. The molecule has 0 atom stereocenters. The van der Waals surface area contributed by atoms with E-state index in [1.165, 1.54) is 0 Å². The lowest BCUT2D eigenvalue weighted by atomic mass is 10.2. The van der Waals surface area contributed by atoms with E-state index < -0.39 is 22.0 Å². The highest BCUT2D eigenvalue weighted by Crippen LogP contribution is 2.71. The summed E-state index contributed by atoms with van der Waals surface area (Å²) in [5, 5.41) is -0.0857. The smallest absolute Gasteiger partial charge is 0.0763 e. The van der Waals surface area contributed by atoms with Crippen LogP contribution in [0.5, 0.6) is 0 Å². The maximum atomic E-state index is 6.28. The predicted octanol–water partition coefficient (Wildman–Crippen LogP) is 7.75. The Labute approximate surface area is 169 Å². The second-order valence-electron chi connectivity index (χ2n) is 11.2. The third-order valence-corrected chi connectivity index (χ3v) is 24.4. The van der Waals surface area contributed by atoms with Crippen LogP contribution in [-0.2, 0) is 33.2 Å². The summed E-state index contributed by atoms with van der Waals surface area (Å²) in [4.78, 5) is 0. The van der Waals surface area contributed by atoms with Gasteiger partial charge in [-0.15, -0.1) is 0 Å². The van der Waals surface area contributed by atoms with Crippen molar-refractivity contribution >= 4 is 45.6 Å². The summed E-state index contributed by atoms with van der Waals surface area (Å²) in [5.74, 6) is 0. The van der Waals surface area contributed by atoms with E-state index in [-0.39, 0.29) is 20.6 Å². The topological polar surface area (TPSA) is 24.7 Å². The second-order valence-corrected chi connectivity index (χ2v) is 25.8. The van der Waals surface area contributed by atoms with Crippen LogP contribution in [0.4, 0.5) is 0 Å². The Hall–Kier alpha value is 1.25. The maximum Gasteiger partial charge on any atom is 0.0763 e. The first kappa shape index (κ1) is 26.2. The Bertz CT molecular complexity index is 613. The first-order valence-electron chi connectivity index (χ1n) is 8.84. The van der Waals surface area contributed by atoms with Gasteiger partial charge < -0.3 is 0 Å². The molecule has 0 N–H and O–H groups in total. The fourth-order valence-corrected chi connectivity index (χ4v) is 18.9. The molecular formula is C18H42N2P2S3. The lowest BCUT2D eigenvalue weighted by molar-refractivity contribution is 0.704. The van der Waals surface area contributed by atoms with Gasteiger partial charge >= 0.3 is 0 Å². The summed E-state index contributed by atoms with van der Waals surface area (Å²) in [5.41, 5.74) is 0. The molecule has 0 aromatic heterocycles. The van der Waals surface area contributed by atoms with Crippen molar-refractivity contribution in [2.75, 3.05) is 12.5 Å². The lowest BCUT2D eigenvalue weighted by Crippen LogP contribution is -2.29. The number of rotatable bonds is 2. The quantitative estimate of drug-likeness (QED) is 0.407. The van der Waals surface area contributed by atoms with Crippen molar-refractivity contribution < 1.29 is 0 Å². The Kier molecular flexibility index (Phi) is 7.61. The molecule has 0 rings (SSSR count). The third-order valence-electron chi connectivity index (χ3n) is 4.27. The minimum atomic E-state index is -2.03. The molecule has 2 nitrogen and oxygen atoms in total. The van der Waals surface area contributed by atoms with E-state index in [0.717, 1.165) is 0 Å². The Morgan fingerprint density at radius 3 is 0.800 bits per heavy atom. The van der Waals surface area contributed by atoms with Gasteiger partial charge in [0, 0.05) is 33.1 Å². The van der Waals surface area contributed by atoms with Crippen LogP contribution >= 0.6 is 12.4 Å².